The van der Waals surface area contributed by atoms with Crippen molar-refractivity contribution < 1.29 is 14.4 Å². The maximum Gasteiger partial charge on any atom is 0.325 e. The quantitative estimate of drug-likeness (QED) is 0.812. The summed E-state index contributed by atoms with van der Waals surface area (Å²) in [6.45, 7) is -0.272. The minimum atomic E-state index is -0.765. The van der Waals surface area contributed by atoms with Crippen LogP contribution in [0.1, 0.15) is 25.7 Å². The van der Waals surface area contributed by atoms with E-state index in [0.29, 0.717) is 18.0 Å². The first-order chi connectivity index (χ1) is 9.61. The third kappa shape index (κ3) is 2.15. The Morgan fingerprint density at radius 1 is 1.45 bits per heavy atom. The van der Waals surface area contributed by atoms with E-state index in [-0.39, 0.29) is 12.5 Å². The fraction of sp³-hybridized carbons (Fsp3) is 0.500. The molecule has 2 N–H and O–H groups in total. The van der Waals surface area contributed by atoms with Gasteiger partial charge in [-0.3, -0.25) is 14.5 Å². The highest BCUT2D eigenvalue weighted by molar-refractivity contribution is 7.13. The molecule has 4 amide bonds. The van der Waals surface area contributed by atoms with Gasteiger partial charge in [0.1, 0.15) is 12.1 Å². The highest BCUT2D eigenvalue weighted by Crippen LogP contribution is 2.34. The second kappa shape index (κ2) is 4.86. The zero-order valence-corrected chi connectivity index (χ0v) is 11.5. The Morgan fingerprint density at radius 3 is 2.85 bits per heavy atom. The van der Waals surface area contributed by atoms with Crippen molar-refractivity contribution in [2.45, 2.75) is 31.2 Å². The van der Waals surface area contributed by atoms with Gasteiger partial charge in [-0.25, -0.2) is 9.78 Å². The summed E-state index contributed by atoms with van der Waals surface area (Å²) in [6, 6.07) is -0.480. The van der Waals surface area contributed by atoms with E-state index >= 15 is 0 Å². The SMILES string of the molecule is O=C(CN1C(=O)NC2(CCCC2)C1=O)Nc1nccs1. The average molecular weight is 294 g/mol. The molecule has 106 valence electrons. The molecular weight excluding hydrogens is 280 g/mol. The number of urea groups is 1. The van der Waals surface area contributed by atoms with Gasteiger partial charge >= 0.3 is 6.03 Å². The number of thiazole rings is 1. The summed E-state index contributed by atoms with van der Waals surface area (Å²) >= 11 is 1.28. The Kier molecular flexibility index (Phi) is 3.17. The molecule has 1 aliphatic heterocycles. The van der Waals surface area contributed by atoms with Crippen LogP contribution >= 0.6 is 11.3 Å². The smallest absolute Gasteiger partial charge is 0.323 e. The third-order valence-electron chi connectivity index (χ3n) is 3.68. The van der Waals surface area contributed by atoms with Crippen molar-refractivity contribution in [1.82, 2.24) is 15.2 Å². The predicted molar refractivity (Wildman–Crippen MR) is 72.2 cm³/mol. The van der Waals surface area contributed by atoms with Crippen molar-refractivity contribution in [3.8, 4) is 0 Å². The lowest BCUT2D eigenvalue weighted by Gasteiger charge is -2.19. The monoisotopic (exact) mass is 294 g/mol. The molecular formula is C12H14N4O3S. The molecule has 2 fully saturated rings. The van der Waals surface area contributed by atoms with E-state index < -0.39 is 17.5 Å². The predicted octanol–water partition coefficient (Wildman–Crippen LogP) is 0.946. The van der Waals surface area contributed by atoms with Crippen LogP contribution in [0.4, 0.5) is 9.93 Å². The third-order valence-corrected chi connectivity index (χ3v) is 4.37. The van der Waals surface area contributed by atoms with Gasteiger partial charge in [-0.05, 0) is 12.8 Å². The van der Waals surface area contributed by atoms with E-state index in [1.54, 1.807) is 11.6 Å². The molecule has 1 spiro atoms. The van der Waals surface area contributed by atoms with Crippen molar-refractivity contribution in [1.29, 1.82) is 0 Å². The maximum absolute atomic E-state index is 12.3. The van der Waals surface area contributed by atoms with E-state index in [1.165, 1.54) is 11.3 Å². The minimum absolute atomic E-state index is 0.272. The lowest BCUT2D eigenvalue weighted by Crippen LogP contribution is -2.44. The second-order valence-corrected chi connectivity index (χ2v) is 5.89. The molecule has 1 saturated carbocycles. The number of nitrogens with zero attached hydrogens (tertiary/aromatic N) is 2. The minimum Gasteiger partial charge on any atom is -0.323 e. The fourth-order valence-electron chi connectivity index (χ4n) is 2.72. The number of amides is 4. The van der Waals surface area contributed by atoms with Crippen LogP contribution in [0.3, 0.4) is 0 Å². The molecule has 20 heavy (non-hydrogen) atoms. The van der Waals surface area contributed by atoms with E-state index in [1.807, 2.05) is 0 Å². The van der Waals surface area contributed by atoms with Crippen LogP contribution in [0, 0.1) is 0 Å². The van der Waals surface area contributed by atoms with Crippen LogP contribution in [-0.2, 0) is 9.59 Å². The summed E-state index contributed by atoms with van der Waals surface area (Å²) < 4.78 is 0. The van der Waals surface area contributed by atoms with Crippen LogP contribution in [0.2, 0.25) is 0 Å². The zero-order valence-electron chi connectivity index (χ0n) is 10.7. The average Bonchev–Trinajstić information content (AvgIpc) is 3.10. The molecule has 2 heterocycles. The first-order valence-corrected chi connectivity index (χ1v) is 7.32. The summed E-state index contributed by atoms with van der Waals surface area (Å²) in [5, 5.41) is 7.49. The van der Waals surface area contributed by atoms with Gasteiger partial charge in [0.25, 0.3) is 5.91 Å². The molecule has 1 saturated heterocycles. The first kappa shape index (κ1) is 13.0. The maximum atomic E-state index is 12.3. The number of anilines is 1. The van der Waals surface area contributed by atoms with Crippen LogP contribution < -0.4 is 10.6 Å². The summed E-state index contributed by atoms with van der Waals surface area (Å²) in [7, 11) is 0. The topological polar surface area (TPSA) is 91.4 Å². The van der Waals surface area contributed by atoms with Gasteiger partial charge in [0, 0.05) is 11.6 Å². The Labute approximate surface area is 119 Å². The van der Waals surface area contributed by atoms with Gasteiger partial charge in [0.05, 0.1) is 0 Å². The molecule has 0 atom stereocenters. The normalized spacial score (nSPS) is 20.5. The number of hydrogen-bond acceptors (Lipinski definition) is 5. The molecule has 0 unspecified atom stereocenters. The molecule has 1 aromatic heterocycles. The van der Waals surface area contributed by atoms with E-state index in [2.05, 4.69) is 15.6 Å². The Hall–Kier alpha value is -1.96. The summed E-state index contributed by atoms with van der Waals surface area (Å²) in [5.74, 6) is -0.701. The van der Waals surface area contributed by atoms with Crippen molar-refractivity contribution in [3.05, 3.63) is 11.6 Å². The van der Waals surface area contributed by atoms with Crippen LogP contribution in [-0.4, -0.2) is 39.8 Å². The fourth-order valence-corrected chi connectivity index (χ4v) is 3.27. The highest BCUT2D eigenvalue weighted by Gasteiger charge is 2.52. The van der Waals surface area contributed by atoms with Crippen molar-refractivity contribution in [3.63, 3.8) is 0 Å². The van der Waals surface area contributed by atoms with Crippen molar-refractivity contribution in [2.24, 2.45) is 0 Å². The standard InChI is InChI=1S/C12H14N4O3S/c17-8(14-10-13-5-6-20-10)7-16-9(18)12(15-11(16)19)3-1-2-4-12/h5-6H,1-4,7H2,(H,15,19)(H,13,14,17). The molecule has 8 heteroatoms. The molecule has 0 aromatic carbocycles. The van der Waals surface area contributed by atoms with Gasteiger partial charge < -0.3 is 10.6 Å². The Morgan fingerprint density at radius 2 is 2.20 bits per heavy atom. The number of nitrogens with one attached hydrogen (secondary N) is 2. The highest BCUT2D eigenvalue weighted by atomic mass is 32.1. The van der Waals surface area contributed by atoms with Gasteiger partial charge in [-0.2, -0.15) is 0 Å². The second-order valence-electron chi connectivity index (χ2n) is 5.00. The molecule has 1 aromatic rings. The number of carbonyl (C=O) groups excluding carboxylic acids is 3. The van der Waals surface area contributed by atoms with Crippen LogP contribution in [0.25, 0.3) is 0 Å². The number of carbonyl (C=O) groups is 3. The number of imide groups is 1. The largest absolute Gasteiger partial charge is 0.325 e. The van der Waals surface area contributed by atoms with E-state index in [9.17, 15) is 14.4 Å². The number of rotatable bonds is 3. The van der Waals surface area contributed by atoms with Crippen LogP contribution in [0.15, 0.2) is 11.6 Å². The Balaban J connectivity index is 1.66. The van der Waals surface area contributed by atoms with Crippen LogP contribution in [0.5, 0.6) is 0 Å². The molecule has 0 bridgehead atoms. The lowest BCUT2D eigenvalue weighted by atomic mass is 9.98. The molecule has 2 aliphatic rings. The summed E-state index contributed by atoms with van der Waals surface area (Å²) in [4.78, 5) is 41.0. The zero-order chi connectivity index (χ0) is 14.2. The van der Waals surface area contributed by atoms with E-state index in [0.717, 1.165) is 17.7 Å². The summed E-state index contributed by atoms with van der Waals surface area (Å²) in [6.07, 6.45) is 4.72. The van der Waals surface area contributed by atoms with Crippen molar-refractivity contribution >= 4 is 34.3 Å². The molecule has 3 rings (SSSR count). The molecule has 7 nitrogen and oxygen atoms in total. The number of aromatic nitrogens is 1. The molecule has 1 aliphatic carbocycles. The Bertz CT molecular complexity index is 551. The first-order valence-electron chi connectivity index (χ1n) is 6.44. The number of hydrogen-bond donors (Lipinski definition) is 2. The van der Waals surface area contributed by atoms with Gasteiger partial charge in [0.2, 0.25) is 5.91 Å². The van der Waals surface area contributed by atoms with E-state index in [4.69, 9.17) is 0 Å². The van der Waals surface area contributed by atoms with Gasteiger partial charge in [-0.1, -0.05) is 12.8 Å². The lowest BCUT2D eigenvalue weighted by molar-refractivity contribution is -0.133. The van der Waals surface area contributed by atoms with Gasteiger partial charge in [0.15, 0.2) is 5.13 Å². The van der Waals surface area contributed by atoms with Crippen molar-refractivity contribution in [2.75, 3.05) is 11.9 Å². The molecule has 0 radical (unpaired) electrons. The van der Waals surface area contributed by atoms with Gasteiger partial charge in [-0.15, -0.1) is 11.3 Å². The summed E-state index contributed by atoms with van der Waals surface area (Å²) in [5.41, 5.74) is -0.765.